The van der Waals surface area contributed by atoms with Gasteiger partial charge in [0.15, 0.2) is 0 Å². The Balaban J connectivity index is 1.84. The van der Waals surface area contributed by atoms with E-state index in [-0.39, 0.29) is 12.6 Å². The highest BCUT2D eigenvalue weighted by Crippen LogP contribution is 2.19. The van der Waals surface area contributed by atoms with Crippen molar-refractivity contribution in [3.8, 4) is 5.75 Å². The molecule has 0 heterocycles. The number of esters is 1. The van der Waals surface area contributed by atoms with E-state index in [0.29, 0.717) is 25.1 Å². The van der Waals surface area contributed by atoms with Crippen molar-refractivity contribution in [1.82, 2.24) is 0 Å². The van der Waals surface area contributed by atoms with E-state index in [1.54, 1.807) is 18.2 Å². The molecule has 0 saturated carbocycles. The van der Waals surface area contributed by atoms with Crippen LogP contribution in [-0.4, -0.2) is 36.9 Å². The van der Waals surface area contributed by atoms with Gasteiger partial charge in [0.25, 0.3) is 0 Å². The first-order chi connectivity index (χ1) is 13.1. The van der Waals surface area contributed by atoms with Crippen molar-refractivity contribution in [2.45, 2.75) is 25.9 Å². The lowest BCUT2D eigenvalue weighted by molar-refractivity contribution is 0.0505. The third-order valence-corrected chi connectivity index (χ3v) is 3.85. The Kier molecular flexibility index (Phi) is 8.39. The summed E-state index contributed by atoms with van der Waals surface area (Å²) in [7, 11) is 0. The lowest BCUT2D eigenvalue weighted by atomic mass is 10.1. The van der Waals surface area contributed by atoms with Gasteiger partial charge in [-0.2, -0.15) is 0 Å². The maximum Gasteiger partial charge on any atom is 0.338 e. The monoisotopic (exact) mass is 369 g/mol. The molecule has 0 aliphatic heterocycles. The minimum absolute atomic E-state index is 0.166. The number of para-hydroxylation sites is 1. The average Bonchev–Trinajstić information content (AvgIpc) is 2.70. The number of allylic oxidation sites excluding steroid dienone is 1. The van der Waals surface area contributed by atoms with Gasteiger partial charge in [0, 0.05) is 12.2 Å². The number of aliphatic hydroxyl groups excluding tert-OH is 1. The van der Waals surface area contributed by atoms with E-state index in [9.17, 15) is 9.90 Å². The molecule has 2 N–H and O–H groups in total. The highest BCUT2D eigenvalue weighted by atomic mass is 16.5. The number of aliphatic hydroxyl groups is 1. The fourth-order valence-corrected chi connectivity index (χ4v) is 2.48. The van der Waals surface area contributed by atoms with Crippen LogP contribution in [0.4, 0.5) is 5.69 Å². The van der Waals surface area contributed by atoms with Gasteiger partial charge >= 0.3 is 5.97 Å². The number of ether oxygens (including phenoxy) is 2. The molecule has 0 bridgehead atoms. The van der Waals surface area contributed by atoms with E-state index >= 15 is 0 Å². The fraction of sp³-hybridized carbons (Fsp3) is 0.318. The van der Waals surface area contributed by atoms with E-state index in [2.05, 4.69) is 11.9 Å². The molecule has 0 spiro atoms. The Morgan fingerprint density at radius 3 is 2.85 bits per heavy atom. The predicted octanol–water partition coefficient (Wildman–Crippen LogP) is 3.83. The van der Waals surface area contributed by atoms with E-state index in [1.165, 1.54) is 0 Å². The summed E-state index contributed by atoms with van der Waals surface area (Å²) in [5, 5.41) is 13.3. The molecule has 144 valence electrons. The average molecular weight is 369 g/mol. The molecule has 0 amide bonds. The van der Waals surface area contributed by atoms with Crippen molar-refractivity contribution >= 4 is 11.7 Å². The van der Waals surface area contributed by atoms with Gasteiger partial charge in [-0.3, -0.25) is 0 Å². The molecule has 1 atom stereocenters. The van der Waals surface area contributed by atoms with Crippen LogP contribution in [0.1, 0.15) is 29.3 Å². The van der Waals surface area contributed by atoms with Gasteiger partial charge in [-0.25, -0.2) is 4.79 Å². The SMILES string of the molecule is C=CCc1ccccc1OCC(O)CNc1cccc(C(=O)OCCC)c1. The largest absolute Gasteiger partial charge is 0.491 e. The molecular formula is C22H27NO4. The molecule has 2 aromatic rings. The Morgan fingerprint density at radius 1 is 1.26 bits per heavy atom. The quantitative estimate of drug-likeness (QED) is 0.465. The molecule has 0 fully saturated rings. The second-order valence-electron chi connectivity index (χ2n) is 6.16. The van der Waals surface area contributed by atoms with Gasteiger partial charge in [-0.15, -0.1) is 6.58 Å². The van der Waals surface area contributed by atoms with Gasteiger partial charge in [-0.05, 0) is 42.7 Å². The summed E-state index contributed by atoms with van der Waals surface area (Å²) in [6.07, 6.45) is 2.62. The zero-order valence-electron chi connectivity index (χ0n) is 15.7. The Morgan fingerprint density at radius 2 is 2.07 bits per heavy atom. The molecule has 1 unspecified atom stereocenters. The number of nitrogens with one attached hydrogen (secondary N) is 1. The molecule has 2 aromatic carbocycles. The van der Waals surface area contributed by atoms with Crippen LogP contribution in [0.25, 0.3) is 0 Å². The second kappa shape index (κ2) is 11.0. The first-order valence-corrected chi connectivity index (χ1v) is 9.14. The number of anilines is 1. The van der Waals surface area contributed by atoms with Gasteiger partial charge in [0.05, 0.1) is 12.2 Å². The van der Waals surface area contributed by atoms with Crippen LogP contribution in [0.3, 0.4) is 0 Å². The molecule has 2 rings (SSSR count). The van der Waals surface area contributed by atoms with Crippen molar-refractivity contribution < 1.29 is 19.4 Å². The molecular weight excluding hydrogens is 342 g/mol. The number of hydrogen-bond donors (Lipinski definition) is 2. The minimum Gasteiger partial charge on any atom is -0.491 e. The number of rotatable bonds is 11. The topological polar surface area (TPSA) is 67.8 Å². The summed E-state index contributed by atoms with van der Waals surface area (Å²) in [4.78, 5) is 11.9. The van der Waals surface area contributed by atoms with Crippen molar-refractivity contribution in [3.63, 3.8) is 0 Å². The maximum absolute atomic E-state index is 11.9. The van der Waals surface area contributed by atoms with Crippen LogP contribution in [-0.2, 0) is 11.2 Å². The number of hydrogen-bond acceptors (Lipinski definition) is 5. The standard InChI is InChI=1S/C22H27NO4/c1-3-8-17-9-5-6-12-21(17)27-16-20(24)15-23-19-11-7-10-18(14-19)22(25)26-13-4-2/h3,5-7,9-12,14,20,23-24H,1,4,8,13,15-16H2,2H3. The predicted molar refractivity (Wildman–Crippen MR) is 107 cm³/mol. The molecule has 0 aliphatic carbocycles. The Hall–Kier alpha value is -2.79. The van der Waals surface area contributed by atoms with E-state index < -0.39 is 6.10 Å². The smallest absolute Gasteiger partial charge is 0.338 e. The summed E-state index contributed by atoms with van der Waals surface area (Å²) in [5.41, 5.74) is 2.26. The van der Waals surface area contributed by atoms with Crippen molar-refractivity contribution in [2.75, 3.05) is 25.1 Å². The van der Waals surface area contributed by atoms with Crippen LogP contribution in [0.15, 0.2) is 61.2 Å². The van der Waals surface area contributed by atoms with Crippen molar-refractivity contribution in [1.29, 1.82) is 0 Å². The summed E-state index contributed by atoms with van der Waals surface area (Å²) in [6.45, 7) is 6.56. The van der Waals surface area contributed by atoms with Gasteiger partial charge in [-0.1, -0.05) is 37.3 Å². The summed E-state index contributed by atoms with van der Waals surface area (Å²) in [5.74, 6) is 0.403. The lowest BCUT2D eigenvalue weighted by Gasteiger charge is -2.16. The summed E-state index contributed by atoms with van der Waals surface area (Å²) >= 11 is 0. The fourth-order valence-electron chi connectivity index (χ4n) is 2.48. The second-order valence-corrected chi connectivity index (χ2v) is 6.16. The first-order valence-electron chi connectivity index (χ1n) is 9.14. The van der Waals surface area contributed by atoms with E-state index in [1.807, 2.05) is 43.3 Å². The van der Waals surface area contributed by atoms with Gasteiger partial charge < -0.3 is 19.9 Å². The Labute approximate surface area is 160 Å². The molecule has 0 radical (unpaired) electrons. The van der Waals surface area contributed by atoms with Crippen LogP contribution in [0, 0.1) is 0 Å². The molecule has 0 aromatic heterocycles. The van der Waals surface area contributed by atoms with Crippen LogP contribution in [0.2, 0.25) is 0 Å². The van der Waals surface area contributed by atoms with Crippen LogP contribution in [0.5, 0.6) is 5.75 Å². The van der Waals surface area contributed by atoms with Crippen LogP contribution >= 0.6 is 0 Å². The molecule has 0 saturated heterocycles. The third kappa shape index (κ3) is 6.79. The number of carbonyl (C=O) groups excluding carboxylic acids is 1. The Bertz CT molecular complexity index is 745. The van der Waals surface area contributed by atoms with Crippen LogP contribution < -0.4 is 10.1 Å². The van der Waals surface area contributed by atoms with Crippen molar-refractivity contribution in [3.05, 3.63) is 72.3 Å². The molecule has 0 aliphatic rings. The van der Waals surface area contributed by atoms with Crippen molar-refractivity contribution in [2.24, 2.45) is 0 Å². The van der Waals surface area contributed by atoms with E-state index in [0.717, 1.165) is 23.4 Å². The highest BCUT2D eigenvalue weighted by Gasteiger charge is 2.10. The highest BCUT2D eigenvalue weighted by molar-refractivity contribution is 5.90. The molecule has 5 nitrogen and oxygen atoms in total. The van der Waals surface area contributed by atoms with Gasteiger partial charge in [0.2, 0.25) is 0 Å². The van der Waals surface area contributed by atoms with E-state index in [4.69, 9.17) is 9.47 Å². The zero-order chi connectivity index (χ0) is 19.5. The lowest BCUT2D eigenvalue weighted by Crippen LogP contribution is -2.26. The van der Waals surface area contributed by atoms with Gasteiger partial charge in [0.1, 0.15) is 18.5 Å². The minimum atomic E-state index is -0.697. The molecule has 5 heteroatoms. The first kappa shape index (κ1) is 20.5. The molecule has 27 heavy (non-hydrogen) atoms. The third-order valence-electron chi connectivity index (χ3n) is 3.85. The maximum atomic E-state index is 11.9. The summed E-state index contributed by atoms with van der Waals surface area (Å²) < 4.78 is 10.9. The number of carbonyl (C=O) groups is 1. The number of benzene rings is 2. The zero-order valence-corrected chi connectivity index (χ0v) is 15.7. The summed E-state index contributed by atoms with van der Waals surface area (Å²) in [6, 6.07) is 14.7. The normalized spacial score (nSPS) is 11.5.